The van der Waals surface area contributed by atoms with Crippen LogP contribution in [0.5, 0.6) is 0 Å². The first kappa shape index (κ1) is 24.9. The maximum atomic E-state index is 11.6. The lowest BCUT2D eigenvalue weighted by Gasteiger charge is -2.19. The van der Waals surface area contributed by atoms with E-state index in [1.807, 2.05) is 20.8 Å². The molecule has 0 saturated carbocycles. The summed E-state index contributed by atoms with van der Waals surface area (Å²) in [6.07, 6.45) is 17.3. The first-order chi connectivity index (χ1) is 12.3. The number of hydrogen-bond acceptors (Lipinski definition) is 4. The molecule has 0 aromatic rings. The fourth-order valence-corrected chi connectivity index (χ4v) is 3.05. The SMILES string of the molecule is CC(C)(C)OC(=O)CCCCCCCCCCCCCCCCC(=O)[O-]. The lowest BCUT2D eigenvalue weighted by molar-refractivity contribution is -0.305. The first-order valence-corrected chi connectivity index (χ1v) is 10.7. The van der Waals surface area contributed by atoms with Crippen molar-refractivity contribution in [3.8, 4) is 0 Å². The molecule has 0 aliphatic carbocycles. The Balaban J connectivity index is 3.16. The Morgan fingerprint density at radius 1 is 0.615 bits per heavy atom. The summed E-state index contributed by atoms with van der Waals surface area (Å²) in [7, 11) is 0. The number of aliphatic carboxylic acids is 1. The summed E-state index contributed by atoms with van der Waals surface area (Å²) in [5.74, 6) is -0.996. The van der Waals surface area contributed by atoms with E-state index in [0.717, 1.165) is 32.1 Å². The van der Waals surface area contributed by atoms with E-state index in [4.69, 9.17) is 4.74 Å². The molecule has 4 nitrogen and oxygen atoms in total. The predicted molar refractivity (Wildman–Crippen MR) is 105 cm³/mol. The number of carboxylic acids is 1. The van der Waals surface area contributed by atoms with Gasteiger partial charge in [0.25, 0.3) is 0 Å². The van der Waals surface area contributed by atoms with E-state index < -0.39 is 5.97 Å². The van der Waals surface area contributed by atoms with E-state index >= 15 is 0 Å². The zero-order chi connectivity index (χ0) is 19.7. The molecule has 0 atom stereocenters. The first-order valence-electron chi connectivity index (χ1n) is 10.7. The van der Waals surface area contributed by atoms with Crippen LogP contribution in [-0.4, -0.2) is 17.5 Å². The summed E-state index contributed by atoms with van der Waals surface area (Å²) in [6, 6.07) is 0. The topological polar surface area (TPSA) is 66.4 Å². The summed E-state index contributed by atoms with van der Waals surface area (Å²) in [4.78, 5) is 21.8. The van der Waals surface area contributed by atoms with Gasteiger partial charge in [0.2, 0.25) is 0 Å². The van der Waals surface area contributed by atoms with Gasteiger partial charge in [-0.2, -0.15) is 0 Å². The van der Waals surface area contributed by atoms with Crippen LogP contribution in [0.25, 0.3) is 0 Å². The van der Waals surface area contributed by atoms with Gasteiger partial charge in [-0.25, -0.2) is 0 Å². The largest absolute Gasteiger partial charge is 0.550 e. The van der Waals surface area contributed by atoms with Crippen LogP contribution in [-0.2, 0) is 14.3 Å². The van der Waals surface area contributed by atoms with Crippen molar-refractivity contribution in [2.75, 3.05) is 0 Å². The van der Waals surface area contributed by atoms with Crippen LogP contribution in [0, 0.1) is 0 Å². The Morgan fingerprint density at radius 2 is 0.923 bits per heavy atom. The van der Waals surface area contributed by atoms with Crippen LogP contribution < -0.4 is 5.11 Å². The fourth-order valence-electron chi connectivity index (χ4n) is 3.05. The molecule has 0 unspecified atom stereocenters. The number of unbranched alkanes of at least 4 members (excludes halogenated alkanes) is 13. The Hall–Kier alpha value is -1.06. The molecule has 0 radical (unpaired) electrons. The highest BCUT2D eigenvalue weighted by Crippen LogP contribution is 2.14. The highest BCUT2D eigenvalue weighted by molar-refractivity contribution is 5.69. The standard InChI is InChI=1S/C22H42O4/c1-22(2,3)26-21(25)19-17-15-13-11-9-7-5-4-6-8-10-12-14-16-18-20(23)24/h4-19H2,1-3H3,(H,23,24)/p-1. The van der Waals surface area contributed by atoms with Crippen LogP contribution >= 0.6 is 0 Å². The quantitative estimate of drug-likeness (QED) is 0.257. The van der Waals surface area contributed by atoms with Gasteiger partial charge in [-0.15, -0.1) is 0 Å². The van der Waals surface area contributed by atoms with Crippen molar-refractivity contribution in [2.45, 2.75) is 129 Å². The van der Waals surface area contributed by atoms with Crippen molar-refractivity contribution < 1.29 is 19.4 Å². The second kappa shape index (κ2) is 16.1. The maximum Gasteiger partial charge on any atom is 0.306 e. The van der Waals surface area contributed by atoms with Gasteiger partial charge < -0.3 is 14.6 Å². The number of ether oxygens (including phenoxy) is 1. The van der Waals surface area contributed by atoms with Gasteiger partial charge in [0.15, 0.2) is 0 Å². The van der Waals surface area contributed by atoms with Gasteiger partial charge >= 0.3 is 5.97 Å². The number of carbonyl (C=O) groups excluding carboxylic acids is 2. The van der Waals surface area contributed by atoms with E-state index in [1.165, 1.54) is 57.8 Å². The Labute approximate surface area is 161 Å². The van der Waals surface area contributed by atoms with E-state index in [9.17, 15) is 14.7 Å². The molecular weight excluding hydrogens is 328 g/mol. The van der Waals surface area contributed by atoms with Crippen molar-refractivity contribution >= 4 is 11.9 Å². The third kappa shape index (κ3) is 21.0. The Morgan fingerprint density at radius 3 is 1.23 bits per heavy atom. The van der Waals surface area contributed by atoms with Gasteiger partial charge in [0, 0.05) is 12.4 Å². The van der Waals surface area contributed by atoms with E-state index in [1.54, 1.807) is 0 Å². The number of carboxylic acid groups (broad SMARTS) is 1. The molecule has 0 spiro atoms. The van der Waals surface area contributed by atoms with E-state index in [0.29, 0.717) is 6.42 Å². The van der Waals surface area contributed by atoms with Gasteiger partial charge in [0.1, 0.15) is 5.60 Å². The van der Waals surface area contributed by atoms with Gasteiger partial charge in [0.05, 0.1) is 0 Å². The second-order valence-electron chi connectivity index (χ2n) is 8.41. The zero-order valence-electron chi connectivity index (χ0n) is 17.4. The molecule has 0 amide bonds. The predicted octanol–water partition coefficient (Wildman–Crippen LogP) is 5.32. The average Bonchev–Trinajstić information content (AvgIpc) is 2.52. The molecule has 0 aromatic carbocycles. The van der Waals surface area contributed by atoms with E-state index in [2.05, 4.69) is 0 Å². The number of rotatable bonds is 17. The lowest BCUT2D eigenvalue weighted by Crippen LogP contribution is -2.23. The summed E-state index contributed by atoms with van der Waals surface area (Å²) < 4.78 is 5.30. The Kier molecular flexibility index (Phi) is 15.5. The fraction of sp³-hybridized carbons (Fsp3) is 0.909. The molecule has 0 aliphatic rings. The molecule has 0 aromatic heterocycles. The molecule has 26 heavy (non-hydrogen) atoms. The summed E-state index contributed by atoms with van der Waals surface area (Å²) in [6.45, 7) is 5.72. The third-order valence-corrected chi connectivity index (χ3v) is 4.43. The van der Waals surface area contributed by atoms with Crippen LogP contribution in [0.3, 0.4) is 0 Å². The van der Waals surface area contributed by atoms with Gasteiger partial charge in [-0.05, 0) is 40.0 Å². The average molecular weight is 370 g/mol. The maximum absolute atomic E-state index is 11.6. The molecule has 0 heterocycles. The molecule has 0 saturated heterocycles. The molecule has 0 aliphatic heterocycles. The van der Waals surface area contributed by atoms with Crippen molar-refractivity contribution in [1.82, 2.24) is 0 Å². The molecule has 0 rings (SSSR count). The van der Waals surface area contributed by atoms with E-state index in [-0.39, 0.29) is 18.0 Å². The minimum Gasteiger partial charge on any atom is -0.550 e. The van der Waals surface area contributed by atoms with Crippen molar-refractivity contribution in [1.29, 1.82) is 0 Å². The minimum atomic E-state index is -0.923. The van der Waals surface area contributed by atoms with Crippen molar-refractivity contribution in [3.05, 3.63) is 0 Å². The summed E-state index contributed by atoms with van der Waals surface area (Å²) >= 11 is 0. The molecule has 0 fully saturated rings. The van der Waals surface area contributed by atoms with Gasteiger partial charge in [-0.1, -0.05) is 77.0 Å². The number of hydrogen-bond donors (Lipinski definition) is 0. The second-order valence-corrected chi connectivity index (χ2v) is 8.41. The molecule has 0 N–H and O–H groups in total. The monoisotopic (exact) mass is 369 g/mol. The minimum absolute atomic E-state index is 0.0728. The van der Waals surface area contributed by atoms with Crippen LogP contribution in [0.2, 0.25) is 0 Å². The number of esters is 1. The van der Waals surface area contributed by atoms with Crippen LogP contribution in [0.15, 0.2) is 0 Å². The van der Waals surface area contributed by atoms with Crippen LogP contribution in [0.1, 0.15) is 124 Å². The van der Waals surface area contributed by atoms with Crippen LogP contribution in [0.4, 0.5) is 0 Å². The highest BCUT2D eigenvalue weighted by atomic mass is 16.6. The molecule has 4 heteroatoms. The lowest BCUT2D eigenvalue weighted by atomic mass is 10.0. The molecular formula is C22H41O4-. The summed E-state index contributed by atoms with van der Waals surface area (Å²) in [5.41, 5.74) is -0.366. The van der Waals surface area contributed by atoms with Crippen molar-refractivity contribution in [2.24, 2.45) is 0 Å². The highest BCUT2D eigenvalue weighted by Gasteiger charge is 2.15. The molecule has 154 valence electrons. The smallest absolute Gasteiger partial charge is 0.306 e. The normalized spacial score (nSPS) is 11.5. The summed E-state index contributed by atoms with van der Waals surface area (Å²) in [5, 5.41) is 10.3. The molecule has 0 bridgehead atoms. The number of carbonyl (C=O) groups is 2. The third-order valence-electron chi connectivity index (χ3n) is 4.43. The zero-order valence-corrected chi connectivity index (χ0v) is 17.4. The Bertz CT molecular complexity index is 358. The van der Waals surface area contributed by atoms with Crippen molar-refractivity contribution in [3.63, 3.8) is 0 Å². The van der Waals surface area contributed by atoms with Gasteiger partial charge in [-0.3, -0.25) is 4.79 Å².